The summed E-state index contributed by atoms with van der Waals surface area (Å²) in [6.07, 6.45) is 1.99. The van der Waals surface area contributed by atoms with Gasteiger partial charge in [-0.2, -0.15) is 0 Å². The van der Waals surface area contributed by atoms with E-state index in [4.69, 9.17) is 9.47 Å². The molecule has 7 nitrogen and oxygen atoms in total. The van der Waals surface area contributed by atoms with Crippen LogP contribution in [0.5, 0.6) is 5.75 Å². The second-order valence-electron chi connectivity index (χ2n) is 6.62. The van der Waals surface area contributed by atoms with Gasteiger partial charge in [0.25, 0.3) is 0 Å². The van der Waals surface area contributed by atoms with Gasteiger partial charge in [-0.15, -0.1) is 0 Å². The summed E-state index contributed by atoms with van der Waals surface area (Å²) in [4.78, 5) is 17.2. The van der Waals surface area contributed by atoms with E-state index in [1.165, 1.54) is 0 Å². The van der Waals surface area contributed by atoms with Crippen LogP contribution in [0, 0.1) is 0 Å². The van der Waals surface area contributed by atoms with Crippen LogP contribution in [0.1, 0.15) is 5.69 Å². The highest BCUT2D eigenvalue weighted by Gasteiger charge is 2.19. The van der Waals surface area contributed by atoms with Crippen LogP contribution in [0.25, 0.3) is 0 Å². The number of carbonyl (C=O) groups excluding carboxylic acids is 1. The summed E-state index contributed by atoms with van der Waals surface area (Å²) in [5.74, 6) is 0.651. The van der Waals surface area contributed by atoms with Crippen LogP contribution in [-0.2, 0) is 18.3 Å². The van der Waals surface area contributed by atoms with Gasteiger partial charge in [0.05, 0.1) is 32.6 Å². The van der Waals surface area contributed by atoms with E-state index < -0.39 is 0 Å². The molecule has 1 saturated heterocycles. The van der Waals surface area contributed by atoms with E-state index in [0.29, 0.717) is 24.5 Å². The maximum Gasteiger partial charge on any atom is 0.322 e. The average Bonchev–Trinajstić information content (AvgIpc) is 3.10. The number of methoxy groups -OCH3 is 1. The number of urea groups is 1. The van der Waals surface area contributed by atoms with Gasteiger partial charge < -0.3 is 24.3 Å². The van der Waals surface area contributed by atoms with Crippen molar-refractivity contribution in [3.05, 3.63) is 48.3 Å². The van der Waals surface area contributed by atoms with E-state index in [1.54, 1.807) is 7.11 Å². The fraction of sp³-hybridized carbons (Fsp3) is 0.450. The fourth-order valence-electron chi connectivity index (χ4n) is 3.14. The predicted molar refractivity (Wildman–Crippen MR) is 105 cm³/mol. The van der Waals surface area contributed by atoms with Crippen molar-refractivity contribution < 1.29 is 14.3 Å². The van der Waals surface area contributed by atoms with E-state index in [9.17, 15) is 4.79 Å². The number of nitrogens with one attached hydrogen (secondary N) is 1. The maximum atomic E-state index is 13.0. The first-order chi connectivity index (χ1) is 13.2. The minimum Gasteiger partial charge on any atom is -0.495 e. The Bertz CT molecular complexity index is 740. The summed E-state index contributed by atoms with van der Waals surface area (Å²) in [6, 6.07) is 11.4. The molecule has 0 atom stereocenters. The number of carbonyl (C=O) groups is 1. The first-order valence-corrected chi connectivity index (χ1v) is 9.26. The lowest BCUT2D eigenvalue weighted by Gasteiger charge is -2.30. The highest BCUT2D eigenvalue weighted by atomic mass is 16.5. The van der Waals surface area contributed by atoms with E-state index in [2.05, 4.69) is 10.2 Å². The minimum absolute atomic E-state index is 0.131. The van der Waals surface area contributed by atoms with Crippen LogP contribution in [0.15, 0.2) is 42.6 Å². The Kier molecular flexibility index (Phi) is 6.73. The number of benzene rings is 1. The van der Waals surface area contributed by atoms with E-state index in [1.807, 2.05) is 59.1 Å². The van der Waals surface area contributed by atoms with Crippen LogP contribution >= 0.6 is 0 Å². The Morgan fingerprint density at radius 2 is 2.00 bits per heavy atom. The Hall–Kier alpha value is -2.51. The number of hydrogen-bond acceptors (Lipinski definition) is 4. The molecule has 0 spiro atoms. The van der Waals surface area contributed by atoms with Crippen molar-refractivity contribution in [2.75, 3.05) is 51.8 Å². The summed E-state index contributed by atoms with van der Waals surface area (Å²) in [5.41, 5.74) is 1.76. The highest BCUT2D eigenvalue weighted by Crippen LogP contribution is 2.23. The van der Waals surface area contributed by atoms with Crippen LogP contribution in [0.4, 0.5) is 10.5 Å². The summed E-state index contributed by atoms with van der Waals surface area (Å²) < 4.78 is 12.8. The third-order valence-electron chi connectivity index (χ3n) is 4.83. The van der Waals surface area contributed by atoms with Gasteiger partial charge in [-0.3, -0.25) is 4.90 Å². The molecule has 0 saturated carbocycles. The molecule has 2 aromatic rings. The van der Waals surface area contributed by atoms with Gasteiger partial charge >= 0.3 is 6.03 Å². The average molecular weight is 372 g/mol. The molecule has 3 rings (SSSR count). The zero-order valence-electron chi connectivity index (χ0n) is 16.1. The molecule has 0 radical (unpaired) electrons. The Morgan fingerprint density at radius 1 is 1.22 bits per heavy atom. The van der Waals surface area contributed by atoms with Crippen molar-refractivity contribution in [2.24, 2.45) is 7.05 Å². The molecule has 146 valence electrons. The van der Waals surface area contributed by atoms with Crippen molar-refractivity contribution in [2.45, 2.75) is 6.54 Å². The van der Waals surface area contributed by atoms with E-state index in [-0.39, 0.29) is 6.03 Å². The van der Waals surface area contributed by atoms with Gasteiger partial charge in [0.15, 0.2) is 0 Å². The van der Waals surface area contributed by atoms with Gasteiger partial charge in [-0.1, -0.05) is 12.1 Å². The number of ether oxygens (including phenoxy) is 2. The molecule has 1 aromatic carbocycles. The summed E-state index contributed by atoms with van der Waals surface area (Å²) in [7, 11) is 3.60. The van der Waals surface area contributed by atoms with Crippen LogP contribution in [-0.4, -0.2) is 66.9 Å². The molecule has 0 bridgehead atoms. The first kappa shape index (κ1) is 19.3. The van der Waals surface area contributed by atoms with Crippen molar-refractivity contribution in [3.8, 4) is 5.75 Å². The van der Waals surface area contributed by atoms with Gasteiger partial charge in [-0.05, 0) is 24.3 Å². The van der Waals surface area contributed by atoms with Crippen LogP contribution in [0.2, 0.25) is 0 Å². The SMILES string of the molecule is COc1ccccc1NC(=O)N(CCN1CCOCC1)Cc1cccn1C. The number of para-hydroxylation sites is 2. The molecule has 2 heterocycles. The molecule has 2 amide bonds. The second-order valence-corrected chi connectivity index (χ2v) is 6.62. The van der Waals surface area contributed by atoms with Gasteiger partial charge in [0.2, 0.25) is 0 Å². The van der Waals surface area contributed by atoms with Crippen LogP contribution in [0.3, 0.4) is 0 Å². The lowest BCUT2D eigenvalue weighted by Crippen LogP contribution is -2.44. The Morgan fingerprint density at radius 3 is 2.70 bits per heavy atom. The minimum atomic E-state index is -0.131. The number of aromatic nitrogens is 1. The lowest BCUT2D eigenvalue weighted by molar-refractivity contribution is 0.0348. The summed E-state index contributed by atoms with van der Waals surface area (Å²) in [5, 5.41) is 2.99. The molecule has 1 fully saturated rings. The molecule has 1 aliphatic heterocycles. The Balaban J connectivity index is 1.69. The van der Waals surface area contributed by atoms with Crippen molar-refractivity contribution >= 4 is 11.7 Å². The molecule has 1 N–H and O–H groups in total. The molecule has 1 aromatic heterocycles. The smallest absolute Gasteiger partial charge is 0.322 e. The lowest BCUT2D eigenvalue weighted by atomic mass is 10.3. The molecular formula is C20H28N4O3. The Labute approximate surface area is 160 Å². The van der Waals surface area contributed by atoms with E-state index in [0.717, 1.165) is 38.5 Å². The van der Waals surface area contributed by atoms with Crippen molar-refractivity contribution in [1.29, 1.82) is 0 Å². The number of rotatable bonds is 7. The van der Waals surface area contributed by atoms with Gasteiger partial charge in [0.1, 0.15) is 5.75 Å². The standard InChI is InChI=1S/C20H28N4O3/c1-22-9-5-6-17(22)16-24(11-10-23-12-14-27-15-13-23)20(25)21-18-7-3-4-8-19(18)26-2/h3-9H,10-16H2,1-2H3,(H,21,25). The number of nitrogens with zero attached hydrogens (tertiary/aromatic N) is 3. The topological polar surface area (TPSA) is 59.0 Å². The van der Waals surface area contributed by atoms with E-state index >= 15 is 0 Å². The number of anilines is 1. The van der Waals surface area contributed by atoms with Crippen molar-refractivity contribution in [3.63, 3.8) is 0 Å². The zero-order valence-corrected chi connectivity index (χ0v) is 16.1. The number of aryl methyl sites for hydroxylation is 1. The number of morpholine rings is 1. The summed E-state index contributed by atoms with van der Waals surface area (Å²) in [6.45, 7) is 5.35. The van der Waals surface area contributed by atoms with Crippen LogP contribution < -0.4 is 10.1 Å². The predicted octanol–water partition coefficient (Wildman–Crippen LogP) is 2.40. The normalized spacial score (nSPS) is 14.7. The van der Waals surface area contributed by atoms with Crippen molar-refractivity contribution in [1.82, 2.24) is 14.4 Å². The molecule has 1 aliphatic rings. The molecule has 0 aliphatic carbocycles. The summed E-state index contributed by atoms with van der Waals surface area (Å²) >= 11 is 0. The monoisotopic (exact) mass is 372 g/mol. The third kappa shape index (κ3) is 5.24. The van der Waals surface area contributed by atoms with Gasteiger partial charge in [-0.25, -0.2) is 4.79 Å². The first-order valence-electron chi connectivity index (χ1n) is 9.26. The molecule has 0 unspecified atom stereocenters. The highest BCUT2D eigenvalue weighted by molar-refractivity contribution is 5.91. The largest absolute Gasteiger partial charge is 0.495 e. The molecular weight excluding hydrogens is 344 g/mol. The van der Waals surface area contributed by atoms with Gasteiger partial charge in [0, 0.05) is 45.1 Å². The second kappa shape index (κ2) is 9.43. The third-order valence-corrected chi connectivity index (χ3v) is 4.83. The number of hydrogen-bond donors (Lipinski definition) is 1. The zero-order chi connectivity index (χ0) is 19.1. The fourth-order valence-corrected chi connectivity index (χ4v) is 3.14. The molecule has 7 heteroatoms. The number of amides is 2. The quantitative estimate of drug-likeness (QED) is 0.811. The maximum absolute atomic E-state index is 13.0. The molecule has 27 heavy (non-hydrogen) atoms.